The van der Waals surface area contributed by atoms with Crippen LogP contribution in [-0.4, -0.2) is 26.8 Å². The summed E-state index contributed by atoms with van der Waals surface area (Å²) in [6.07, 6.45) is 4.22. The number of benzene rings is 2. The molecule has 1 atom stereocenters. The highest BCUT2D eigenvalue weighted by atomic mass is 19.1. The number of hydrogen-bond donors (Lipinski definition) is 1. The Kier molecular flexibility index (Phi) is 4.87. The Morgan fingerprint density at radius 2 is 1.96 bits per heavy atom. The maximum absolute atomic E-state index is 14.2. The maximum Gasteiger partial charge on any atom is 0.127 e. The summed E-state index contributed by atoms with van der Waals surface area (Å²) in [6, 6.07) is 11.2. The number of halogens is 1. The largest absolute Gasteiger partial charge is 0.497 e. The van der Waals surface area contributed by atoms with Crippen LogP contribution in [0.25, 0.3) is 0 Å². The first kappa shape index (κ1) is 17.0. The van der Waals surface area contributed by atoms with Gasteiger partial charge >= 0.3 is 0 Å². The molecular formula is C21H25FN2O2. The molecule has 0 aromatic heterocycles. The summed E-state index contributed by atoms with van der Waals surface area (Å²) < 4.78 is 25.5. The molecule has 0 amide bonds. The fourth-order valence-corrected chi connectivity index (χ4v) is 3.85. The molecule has 138 valence electrons. The van der Waals surface area contributed by atoms with Gasteiger partial charge in [-0.15, -0.1) is 0 Å². The minimum absolute atomic E-state index is 0.0656. The first-order valence-corrected chi connectivity index (χ1v) is 9.36. The van der Waals surface area contributed by atoms with Gasteiger partial charge in [-0.3, -0.25) is 0 Å². The van der Waals surface area contributed by atoms with Gasteiger partial charge in [0.25, 0.3) is 0 Å². The summed E-state index contributed by atoms with van der Waals surface area (Å²) in [4.78, 5) is 2.25. The smallest absolute Gasteiger partial charge is 0.127 e. The van der Waals surface area contributed by atoms with Gasteiger partial charge < -0.3 is 19.7 Å². The highest BCUT2D eigenvalue weighted by molar-refractivity contribution is 5.60. The van der Waals surface area contributed by atoms with E-state index in [9.17, 15) is 4.39 Å². The molecule has 4 nitrogen and oxygen atoms in total. The van der Waals surface area contributed by atoms with Gasteiger partial charge in [-0.05, 0) is 62.1 Å². The normalized spacial score (nSPS) is 19.5. The van der Waals surface area contributed by atoms with E-state index in [2.05, 4.69) is 16.3 Å². The second kappa shape index (κ2) is 7.44. The van der Waals surface area contributed by atoms with E-state index in [-0.39, 0.29) is 11.9 Å². The fraction of sp³-hybridized carbons (Fsp3) is 0.429. The second-order valence-corrected chi connectivity index (χ2v) is 6.98. The molecular weight excluding hydrogens is 331 g/mol. The summed E-state index contributed by atoms with van der Waals surface area (Å²) in [5.74, 6) is 1.47. The van der Waals surface area contributed by atoms with Crippen LogP contribution in [0.1, 0.15) is 37.3 Å². The Labute approximate surface area is 153 Å². The zero-order valence-electron chi connectivity index (χ0n) is 15.1. The molecule has 2 heterocycles. The van der Waals surface area contributed by atoms with Crippen LogP contribution in [-0.2, 0) is 0 Å². The van der Waals surface area contributed by atoms with Gasteiger partial charge in [0.15, 0.2) is 0 Å². The zero-order valence-corrected chi connectivity index (χ0v) is 15.1. The van der Waals surface area contributed by atoms with Crippen molar-refractivity contribution < 1.29 is 13.9 Å². The Morgan fingerprint density at radius 1 is 1.12 bits per heavy atom. The SMILES string of the molecule is COc1ccc2c(c1)C(Nc1cc(F)cc(N3CCCC3)c1)CCCO2. The fourth-order valence-electron chi connectivity index (χ4n) is 3.85. The van der Waals surface area contributed by atoms with Gasteiger partial charge in [-0.1, -0.05) is 0 Å². The van der Waals surface area contributed by atoms with Gasteiger partial charge in [-0.25, -0.2) is 4.39 Å². The van der Waals surface area contributed by atoms with Crippen LogP contribution in [0.15, 0.2) is 36.4 Å². The summed E-state index contributed by atoms with van der Waals surface area (Å²) >= 11 is 0. The molecule has 0 saturated carbocycles. The number of anilines is 2. The van der Waals surface area contributed by atoms with Gasteiger partial charge in [0.1, 0.15) is 17.3 Å². The van der Waals surface area contributed by atoms with Crippen LogP contribution in [0.4, 0.5) is 15.8 Å². The van der Waals surface area contributed by atoms with E-state index in [0.29, 0.717) is 6.61 Å². The van der Waals surface area contributed by atoms with Gasteiger partial charge in [0.05, 0.1) is 19.8 Å². The van der Waals surface area contributed by atoms with Crippen molar-refractivity contribution in [1.29, 1.82) is 0 Å². The molecule has 1 fully saturated rings. The molecule has 0 bridgehead atoms. The van der Waals surface area contributed by atoms with Crippen LogP contribution < -0.4 is 19.7 Å². The molecule has 1 unspecified atom stereocenters. The van der Waals surface area contributed by atoms with Crippen LogP contribution in [0.3, 0.4) is 0 Å². The molecule has 2 aliphatic heterocycles. The first-order valence-electron chi connectivity index (χ1n) is 9.36. The van der Waals surface area contributed by atoms with Crippen molar-refractivity contribution >= 4 is 11.4 Å². The number of rotatable bonds is 4. The quantitative estimate of drug-likeness (QED) is 0.856. The Balaban J connectivity index is 1.63. The van der Waals surface area contributed by atoms with E-state index in [4.69, 9.17) is 9.47 Å². The third-order valence-electron chi connectivity index (χ3n) is 5.18. The number of hydrogen-bond acceptors (Lipinski definition) is 4. The summed E-state index contributed by atoms with van der Waals surface area (Å²) in [6.45, 7) is 2.69. The molecule has 5 heteroatoms. The molecule has 0 aliphatic carbocycles. The predicted octanol–water partition coefficient (Wildman–Crippen LogP) is 4.76. The number of nitrogens with zero attached hydrogens (tertiary/aromatic N) is 1. The lowest BCUT2D eigenvalue weighted by atomic mass is 10.0. The van der Waals surface area contributed by atoms with E-state index in [1.54, 1.807) is 19.2 Å². The zero-order chi connectivity index (χ0) is 17.9. The lowest BCUT2D eigenvalue weighted by molar-refractivity contribution is 0.316. The van der Waals surface area contributed by atoms with Crippen LogP contribution in [0.2, 0.25) is 0 Å². The van der Waals surface area contributed by atoms with Crippen molar-refractivity contribution in [2.45, 2.75) is 31.7 Å². The van der Waals surface area contributed by atoms with Crippen molar-refractivity contribution in [3.05, 3.63) is 47.8 Å². The van der Waals surface area contributed by atoms with Crippen molar-refractivity contribution in [3.63, 3.8) is 0 Å². The average molecular weight is 356 g/mol. The summed E-state index contributed by atoms with van der Waals surface area (Å²) in [5.41, 5.74) is 2.84. The number of ether oxygens (including phenoxy) is 2. The molecule has 2 aromatic rings. The molecule has 26 heavy (non-hydrogen) atoms. The van der Waals surface area contributed by atoms with E-state index < -0.39 is 0 Å². The minimum Gasteiger partial charge on any atom is -0.497 e. The van der Waals surface area contributed by atoms with Gasteiger partial charge in [-0.2, -0.15) is 0 Å². The van der Waals surface area contributed by atoms with Crippen LogP contribution in [0, 0.1) is 5.82 Å². The monoisotopic (exact) mass is 356 g/mol. The number of fused-ring (bicyclic) bond motifs is 1. The summed E-state index contributed by atoms with van der Waals surface area (Å²) in [7, 11) is 1.66. The maximum atomic E-state index is 14.2. The Bertz CT molecular complexity index is 775. The molecule has 0 radical (unpaired) electrons. The third kappa shape index (κ3) is 3.57. The highest BCUT2D eigenvalue weighted by Gasteiger charge is 2.21. The molecule has 4 rings (SSSR count). The first-order chi connectivity index (χ1) is 12.7. The molecule has 0 spiro atoms. The lowest BCUT2D eigenvalue weighted by Crippen LogP contribution is -2.18. The van der Waals surface area contributed by atoms with E-state index in [1.165, 1.54) is 12.8 Å². The highest BCUT2D eigenvalue weighted by Crippen LogP contribution is 2.37. The molecule has 2 aliphatic rings. The summed E-state index contributed by atoms with van der Waals surface area (Å²) in [5, 5.41) is 3.53. The molecule has 1 saturated heterocycles. The lowest BCUT2D eigenvalue weighted by Gasteiger charge is -2.23. The van der Waals surface area contributed by atoms with E-state index in [1.807, 2.05) is 18.2 Å². The van der Waals surface area contributed by atoms with Crippen LogP contribution >= 0.6 is 0 Å². The Hall–Kier alpha value is -2.43. The van der Waals surface area contributed by atoms with Gasteiger partial charge in [0, 0.05) is 30.0 Å². The molecule has 1 N–H and O–H groups in total. The number of nitrogens with one attached hydrogen (secondary N) is 1. The van der Waals surface area contributed by atoms with Crippen LogP contribution in [0.5, 0.6) is 11.5 Å². The van der Waals surface area contributed by atoms with E-state index in [0.717, 1.165) is 54.4 Å². The third-order valence-corrected chi connectivity index (χ3v) is 5.18. The average Bonchev–Trinajstić information content (AvgIpc) is 3.12. The number of methoxy groups -OCH3 is 1. The predicted molar refractivity (Wildman–Crippen MR) is 102 cm³/mol. The standard InChI is InChI=1S/C21H25FN2O2/c1-25-18-6-7-21-19(14-18)20(5-4-10-26-21)23-16-11-15(22)12-17(13-16)24-8-2-3-9-24/h6-7,11-14,20,23H,2-5,8-10H2,1H3. The van der Waals surface area contributed by atoms with Crippen molar-refractivity contribution in [2.75, 3.05) is 37.0 Å². The minimum atomic E-state index is -0.201. The Morgan fingerprint density at radius 3 is 2.77 bits per heavy atom. The second-order valence-electron chi connectivity index (χ2n) is 6.98. The topological polar surface area (TPSA) is 33.7 Å². The van der Waals surface area contributed by atoms with Crippen molar-refractivity contribution in [2.24, 2.45) is 0 Å². The molecule has 2 aromatic carbocycles. The van der Waals surface area contributed by atoms with Gasteiger partial charge in [0.2, 0.25) is 0 Å². The van der Waals surface area contributed by atoms with Crippen molar-refractivity contribution in [1.82, 2.24) is 0 Å². The van der Waals surface area contributed by atoms with E-state index >= 15 is 0 Å². The van der Waals surface area contributed by atoms with Crippen molar-refractivity contribution in [3.8, 4) is 11.5 Å².